The number of nitrogens with one attached hydrogen (secondary N) is 1. The number of hydrogen-bond donors (Lipinski definition) is 2. The summed E-state index contributed by atoms with van der Waals surface area (Å²) < 4.78 is 4.85. The largest absolute Gasteiger partial charge is 0.370 e. The second kappa shape index (κ2) is 8.68. The summed E-state index contributed by atoms with van der Waals surface area (Å²) in [6, 6.07) is 1.93. The van der Waals surface area contributed by atoms with Gasteiger partial charge >= 0.3 is 0 Å². The molecule has 6 nitrogen and oxygen atoms in total. The van der Waals surface area contributed by atoms with Gasteiger partial charge in [-0.25, -0.2) is 0 Å². The van der Waals surface area contributed by atoms with Gasteiger partial charge in [0.25, 0.3) is 0 Å². The van der Waals surface area contributed by atoms with Crippen molar-refractivity contribution < 1.29 is 14.3 Å². The summed E-state index contributed by atoms with van der Waals surface area (Å²) in [6.45, 7) is 2.23. The van der Waals surface area contributed by atoms with E-state index >= 15 is 0 Å². The van der Waals surface area contributed by atoms with Crippen LogP contribution in [0.2, 0.25) is 0 Å². The van der Waals surface area contributed by atoms with Crippen molar-refractivity contribution in [2.75, 3.05) is 19.8 Å². The highest BCUT2D eigenvalue weighted by Gasteiger charge is 2.15. The van der Waals surface area contributed by atoms with Crippen molar-refractivity contribution in [3.63, 3.8) is 0 Å². The van der Waals surface area contributed by atoms with E-state index in [1.807, 2.05) is 13.0 Å². The topological polar surface area (TPSA) is 105 Å². The third-order valence-corrected chi connectivity index (χ3v) is 1.84. The maximum absolute atomic E-state index is 11.4. The fourth-order valence-corrected chi connectivity index (χ4v) is 1.09. The fourth-order valence-electron chi connectivity index (χ4n) is 1.09. The standard InChI is InChI=1S/C10H17N3O3/c1-2-3-8(6-11)10(15)13-4-5-16-7-9(12)14/h8H,2-5,7H2,1H3,(H2,12,14)(H,13,15). The van der Waals surface area contributed by atoms with Gasteiger partial charge < -0.3 is 15.8 Å². The Morgan fingerprint density at radius 2 is 2.25 bits per heavy atom. The summed E-state index contributed by atoms with van der Waals surface area (Å²) in [5.41, 5.74) is 4.85. The monoisotopic (exact) mass is 227 g/mol. The average molecular weight is 227 g/mol. The molecular weight excluding hydrogens is 210 g/mol. The quantitative estimate of drug-likeness (QED) is 0.547. The van der Waals surface area contributed by atoms with Crippen LogP contribution in [-0.2, 0) is 14.3 Å². The molecule has 0 aromatic carbocycles. The third-order valence-electron chi connectivity index (χ3n) is 1.84. The van der Waals surface area contributed by atoms with Crippen LogP contribution < -0.4 is 11.1 Å². The fraction of sp³-hybridized carbons (Fsp3) is 0.700. The number of carbonyl (C=O) groups is 2. The molecule has 16 heavy (non-hydrogen) atoms. The first-order valence-electron chi connectivity index (χ1n) is 5.15. The molecule has 6 heteroatoms. The van der Waals surface area contributed by atoms with Crippen LogP contribution in [0.4, 0.5) is 0 Å². The van der Waals surface area contributed by atoms with Crippen molar-refractivity contribution in [3.8, 4) is 6.07 Å². The van der Waals surface area contributed by atoms with E-state index in [-0.39, 0.29) is 25.7 Å². The minimum Gasteiger partial charge on any atom is -0.370 e. The van der Waals surface area contributed by atoms with Crippen LogP contribution in [0.1, 0.15) is 19.8 Å². The molecule has 0 rings (SSSR count). The molecule has 0 bridgehead atoms. The Morgan fingerprint density at radius 3 is 2.75 bits per heavy atom. The van der Waals surface area contributed by atoms with Gasteiger partial charge in [-0.2, -0.15) is 5.26 Å². The second-order valence-electron chi connectivity index (χ2n) is 3.28. The Morgan fingerprint density at radius 1 is 1.56 bits per heavy atom. The van der Waals surface area contributed by atoms with Crippen LogP contribution in [-0.4, -0.2) is 31.6 Å². The second-order valence-corrected chi connectivity index (χ2v) is 3.28. The molecule has 0 aromatic rings. The number of rotatable bonds is 8. The number of primary amides is 1. The van der Waals surface area contributed by atoms with E-state index in [0.717, 1.165) is 6.42 Å². The van der Waals surface area contributed by atoms with Gasteiger partial charge in [-0.15, -0.1) is 0 Å². The molecule has 0 aromatic heterocycles. The van der Waals surface area contributed by atoms with E-state index in [0.29, 0.717) is 6.42 Å². The molecule has 0 aliphatic heterocycles. The summed E-state index contributed by atoms with van der Waals surface area (Å²) in [5.74, 6) is -1.46. The van der Waals surface area contributed by atoms with Gasteiger partial charge in [-0.1, -0.05) is 13.3 Å². The number of ether oxygens (including phenoxy) is 1. The number of nitrogens with zero attached hydrogens (tertiary/aromatic N) is 1. The highest BCUT2D eigenvalue weighted by Crippen LogP contribution is 2.04. The molecule has 2 amide bonds. The Kier molecular flexibility index (Phi) is 7.81. The zero-order valence-corrected chi connectivity index (χ0v) is 9.36. The maximum Gasteiger partial charge on any atom is 0.243 e. The summed E-state index contributed by atoms with van der Waals surface area (Å²) in [5, 5.41) is 11.3. The van der Waals surface area contributed by atoms with Gasteiger partial charge in [0, 0.05) is 6.54 Å². The SMILES string of the molecule is CCCC(C#N)C(=O)NCCOCC(N)=O. The lowest BCUT2D eigenvalue weighted by molar-refractivity contribution is -0.124. The van der Waals surface area contributed by atoms with E-state index in [9.17, 15) is 9.59 Å². The van der Waals surface area contributed by atoms with E-state index in [1.165, 1.54) is 0 Å². The van der Waals surface area contributed by atoms with Crippen molar-refractivity contribution in [2.24, 2.45) is 11.7 Å². The van der Waals surface area contributed by atoms with Crippen LogP contribution >= 0.6 is 0 Å². The summed E-state index contributed by atoms with van der Waals surface area (Å²) in [7, 11) is 0. The van der Waals surface area contributed by atoms with Crippen LogP contribution in [0, 0.1) is 17.2 Å². The van der Waals surface area contributed by atoms with Gasteiger partial charge in [0.05, 0.1) is 12.7 Å². The Hall–Kier alpha value is -1.61. The Balaban J connectivity index is 3.64. The maximum atomic E-state index is 11.4. The number of nitrogens with two attached hydrogens (primary N) is 1. The Labute approximate surface area is 94.7 Å². The Bertz CT molecular complexity index is 273. The third kappa shape index (κ3) is 6.79. The number of hydrogen-bond acceptors (Lipinski definition) is 4. The van der Waals surface area contributed by atoms with Gasteiger partial charge in [0.1, 0.15) is 12.5 Å². The molecule has 0 spiro atoms. The average Bonchev–Trinajstić information content (AvgIpc) is 2.24. The van der Waals surface area contributed by atoms with Gasteiger partial charge in [0.15, 0.2) is 0 Å². The molecule has 3 N–H and O–H groups in total. The molecular formula is C10H17N3O3. The lowest BCUT2D eigenvalue weighted by Gasteiger charge is -2.08. The van der Waals surface area contributed by atoms with Gasteiger partial charge in [0.2, 0.25) is 11.8 Å². The summed E-state index contributed by atoms with van der Waals surface area (Å²) >= 11 is 0. The zero-order valence-electron chi connectivity index (χ0n) is 9.36. The summed E-state index contributed by atoms with van der Waals surface area (Å²) in [4.78, 5) is 21.7. The molecule has 0 aliphatic rings. The van der Waals surface area contributed by atoms with Crippen LogP contribution in [0.15, 0.2) is 0 Å². The van der Waals surface area contributed by atoms with E-state index < -0.39 is 11.8 Å². The minimum atomic E-state index is -0.610. The normalized spacial score (nSPS) is 11.5. The van der Waals surface area contributed by atoms with E-state index in [2.05, 4.69) is 5.32 Å². The van der Waals surface area contributed by atoms with E-state index in [1.54, 1.807) is 0 Å². The van der Waals surface area contributed by atoms with Crippen LogP contribution in [0.3, 0.4) is 0 Å². The number of amides is 2. The van der Waals surface area contributed by atoms with Crippen molar-refractivity contribution >= 4 is 11.8 Å². The predicted octanol–water partition coefficient (Wildman–Crippen LogP) is -0.456. The lowest BCUT2D eigenvalue weighted by Crippen LogP contribution is -2.33. The van der Waals surface area contributed by atoms with E-state index in [4.69, 9.17) is 15.7 Å². The van der Waals surface area contributed by atoms with Crippen molar-refractivity contribution in [1.29, 1.82) is 5.26 Å². The molecule has 90 valence electrons. The molecule has 1 atom stereocenters. The van der Waals surface area contributed by atoms with Crippen molar-refractivity contribution in [1.82, 2.24) is 5.32 Å². The predicted molar refractivity (Wildman–Crippen MR) is 57.0 cm³/mol. The first-order valence-corrected chi connectivity index (χ1v) is 5.15. The smallest absolute Gasteiger partial charge is 0.243 e. The first-order chi connectivity index (χ1) is 7.61. The number of carbonyl (C=O) groups excluding carboxylic acids is 2. The molecule has 0 fully saturated rings. The lowest BCUT2D eigenvalue weighted by atomic mass is 10.1. The first kappa shape index (κ1) is 14.4. The molecule has 0 radical (unpaired) electrons. The minimum absolute atomic E-state index is 0.160. The molecule has 1 unspecified atom stereocenters. The summed E-state index contributed by atoms with van der Waals surface area (Å²) in [6.07, 6.45) is 1.33. The van der Waals surface area contributed by atoms with Crippen LogP contribution in [0.5, 0.6) is 0 Å². The zero-order chi connectivity index (χ0) is 12.4. The molecule has 0 saturated carbocycles. The van der Waals surface area contributed by atoms with Crippen molar-refractivity contribution in [2.45, 2.75) is 19.8 Å². The molecule has 0 heterocycles. The molecule has 0 saturated heterocycles. The molecule has 0 aliphatic carbocycles. The van der Waals surface area contributed by atoms with Crippen molar-refractivity contribution in [3.05, 3.63) is 0 Å². The highest BCUT2D eigenvalue weighted by molar-refractivity contribution is 5.80. The van der Waals surface area contributed by atoms with Gasteiger partial charge in [-0.3, -0.25) is 9.59 Å². The number of nitriles is 1. The highest BCUT2D eigenvalue weighted by atomic mass is 16.5. The van der Waals surface area contributed by atoms with Gasteiger partial charge in [-0.05, 0) is 6.42 Å². The van der Waals surface area contributed by atoms with Crippen LogP contribution in [0.25, 0.3) is 0 Å².